The van der Waals surface area contributed by atoms with E-state index in [-0.39, 0.29) is 18.4 Å². The van der Waals surface area contributed by atoms with Crippen molar-refractivity contribution in [2.75, 3.05) is 32.8 Å². The van der Waals surface area contributed by atoms with E-state index >= 15 is 0 Å². The van der Waals surface area contributed by atoms with Crippen LogP contribution in [0.3, 0.4) is 0 Å². The first-order chi connectivity index (χ1) is 15.1. The van der Waals surface area contributed by atoms with Crippen LogP contribution < -0.4 is 5.32 Å². The number of nitrogens with zero attached hydrogens (tertiary/aromatic N) is 2. The molecule has 1 aliphatic rings. The molecular formula is C23H26ClN3O4. The molecule has 2 aromatic heterocycles. The number of ether oxygens (including phenoxy) is 1. The lowest BCUT2D eigenvalue weighted by Crippen LogP contribution is -2.43. The van der Waals surface area contributed by atoms with Crippen LogP contribution in [0.5, 0.6) is 0 Å². The van der Waals surface area contributed by atoms with Crippen molar-refractivity contribution in [1.82, 2.24) is 15.2 Å². The summed E-state index contributed by atoms with van der Waals surface area (Å²) in [5, 5.41) is 3.64. The Kier molecular flexibility index (Phi) is 7.06. The standard InChI is InChI=1S/C23H26ClN3O4/c1-16-6-7-20(30-16)19(27-10-12-29-13-11-27)14-25-22(28)8-9-23-26-15-21(31-23)17-4-2-3-5-18(17)24/h2-7,15,19H,8-14H2,1H3,(H,25,28). The number of benzene rings is 1. The van der Waals surface area contributed by atoms with Crippen molar-refractivity contribution in [3.63, 3.8) is 0 Å². The quantitative estimate of drug-likeness (QED) is 0.566. The third-order valence-electron chi connectivity index (χ3n) is 5.33. The Morgan fingerprint density at radius 2 is 2.00 bits per heavy atom. The van der Waals surface area contributed by atoms with Gasteiger partial charge in [0.05, 0.1) is 30.5 Å². The molecule has 1 saturated heterocycles. The minimum atomic E-state index is -0.0565. The highest BCUT2D eigenvalue weighted by Crippen LogP contribution is 2.28. The van der Waals surface area contributed by atoms with E-state index in [9.17, 15) is 4.79 Å². The molecule has 3 aromatic rings. The van der Waals surface area contributed by atoms with Crippen LogP contribution in [0.4, 0.5) is 0 Å². The third-order valence-corrected chi connectivity index (χ3v) is 5.66. The first-order valence-electron chi connectivity index (χ1n) is 10.4. The van der Waals surface area contributed by atoms with Gasteiger partial charge in [-0.05, 0) is 31.2 Å². The monoisotopic (exact) mass is 443 g/mol. The van der Waals surface area contributed by atoms with Gasteiger partial charge in [-0.25, -0.2) is 4.98 Å². The van der Waals surface area contributed by atoms with Crippen LogP contribution >= 0.6 is 11.6 Å². The van der Waals surface area contributed by atoms with E-state index in [1.807, 2.05) is 37.3 Å². The first-order valence-corrected chi connectivity index (χ1v) is 10.8. The molecule has 0 aliphatic carbocycles. The van der Waals surface area contributed by atoms with Crippen LogP contribution in [0.1, 0.15) is 29.9 Å². The Morgan fingerprint density at radius 3 is 2.74 bits per heavy atom. The molecule has 0 spiro atoms. The van der Waals surface area contributed by atoms with Crippen molar-refractivity contribution in [3.05, 3.63) is 65.0 Å². The van der Waals surface area contributed by atoms with Gasteiger partial charge in [0.25, 0.3) is 0 Å². The Morgan fingerprint density at radius 1 is 1.19 bits per heavy atom. The topological polar surface area (TPSA) is 80.7 Å². The van der Waals surface area contributed by atoms with Crippen LogP contribution in [0.15, 0.2) is 51.4 Å². The predicted octanol–water partition coefficient (Wildman–Crippen LogP) is 4.02. The van der Waals surface area contributed by atoms with Crippen LogP contribution in [0.2, 0.25) is 5.02 Å². The van der Waals surface area contributed by atoms with Crippen molar-refractivity contribution >= 4 is 17.5 Å². The number of amides is 1. The maximum Gasteiger partial charge on any atom is 0.220 e. The summed E-state index contributed by atoms with van der Waals surface area (Å²) in [6.45, 7) is 5.38. The second-order valence-corrected chi connectivity index (χ2v) is 7.92. The highest BCUT2D eigenvalue weighted by atomic mass is 35.5. The summed E-state index contributed by atoms with van der Waals surface area (Å²) in [4.78, 5) is 19.1. The Bertz CT molecular complexity index is 1010. The number of nitrogens with one attached hydrogen (secondary N) is 1. The zero-order valence-corrected chi connectivity index (χ0v) is 18.2. The molecule has 4 rings (SSSR count). The van der Waals surface area contributed by atoms with E-state index in [2.05, 4.69) is 15.2 Å². The molecule has 1 aliphatic heterocycles. The van der Waals surface area contributed by atoms with Gasteiger partial charge in [-0.2, -0.15) is 0 Å². The number of oxazole rings is 1. The minimum absolute atomic E-state index is 0.0184. The van der Waals surface area contributed by atoms with E-state index in [0.29, 0.717) is 42.9 Å². The molecule has 31 heavy (non-hydrogen) atoms. The molecule has 0 radical (unpaired) electrons. The Hall–Kier alpha value is -2.61. The number of hydrogen-bond acceptors (Lipinski definition) is 6. The second-order valence-electron chi connectivity index (χ2n) is 7.51. The molecule has 1 N–H and O–H groups in total. The van der Waals surface area contributed by atoms with Crippen LogP contribution in [0, 0.1) is 6.92 Å². The highest BCUT2D eigenvalue weighted by Gasteiger charge is 2.25. The molecule has 7 nitrogen and oxygen atoms in total. The number of aryl methyl sites for hydroxylation is 2. The van der Waals surface area contributed by atoms with Gasteiger partial charge in [0.15, 0.2) is 11.7 Å². The molecule has 0 saturated carbocycles. The maximum absolute atomic E-state index is 12.5. The van der Waals surface area contributed by atoms with Crippen molar-refractivity contribution in [2.45, 2.75) is 25.8 Å². The normalized spacial score (nSPS) is 15.7. The van der Waals surface area contributed by atoms with Crippen molar-refractivity contribution in [2.24, 2.45) is 0 Å². The number of halogens is 1. The van der Waals surface area contributed by atoms with Gasteiger partial charge in [0.1, 0.15) is 11.5 Å². The van der Waals surface area contributed by atoms with E-state index in [0.717, 1.165) is 30.2 Å². The summed E-state index contributed by atoms with van der Waals surface area (Å²) in [6, 6.07) is 11.3. The summed E-state index contributed by atoms with van der Waals surface area (Å²) < 4.78 is 17.1. The average Bonchev–Trinajstić information content (AvgIpc) is 3.43. The van der Waals surface area contributed by atoms with Gasteiger partial charge in [-0.15, -0.1) is 0 Å². The van der Waals surface area contributed by atoms with Gasteiger partial charge < -0.3 is 18.9 Å². The van der Waals surface area contributed by atoms with E-state index in [4.69, 9.17) is 25.2 Å². The number of morpholine rings is 1. The number of aromatic nitrogens is 1. The summed E-state index contributed by atoms with van der Waals surface area (Å²) in [6.07, 6.45) is 2.34. The van der Waals surface area contributed by atoms with Crippen molar-refractivity contribution < 1.29 is 18.4 Å². The van der Waals surface area contributed by atoms with Gasteiger partial charge in [-0.1, -0.05) is 23.7 Å². The molecule has 1 unspecified atom stereocenters. The zero-order chi connectivity index (χ0) is 21.6. The molecule has 3 heterocycles. The molecule has 1 amide bonds. The van der Waals surface area contributed by atoms with Crippen molar-refractivity contribution in [1.29, 1.82) is 0 Å². The number of carbonyl (C=O) groups excluding carboxylic acids is 1. The molecule has 164 valence electrons. The molecule has 1 aromatic carbocycles. The zero-order valence-electron chi connectivity index (χ0n) is 17.5. The van der Waals surface area contributed by atoms with E-state index in [1.165, 1.54) is 0 Å². The predicted molar refractivity (Wildman–Crippen MR) is 117 cm³/mol. The smallest absolute Gasteiger partial charge is 0.220 e. The van der Waals surface area contributed by atoms with Gasteiger partial charge >= 0.3 is 0 Å². The third kappa shape index (κ3) is 5.55. The van der Waals surface area contributed by atoms with Crippen molar-refractivity contribution in [3.8, 4) is 11.3 Å². The van der Waals surface area contributed by atoms with E-state index in [1.54, 1.807) is 12.3 Å². The van der Waals surface area contributed by atoms with E-state index < -0.39 is 0 Å². The van der Waals surface area contributed by atoms with Gasteiger partial charge in [-0.3, -0.25) is 9.69 Å². The van der Waals surface area contributed by atoms with Gasteiger partial charge in [0.2, 0.25) is 5.91 Å². The summed E-state index contributed by atoms with van der Waals surface area (Å²) in [5.74, 6) is 2.77. The molecular weight excluding hydrogens is 418 g/mol. The Labute approximate surface area is 186 Å². The number of carbonyl (C=O) groups is 1. The largest absolute Gasteiger partial charge is 0.465 e. The van der Waals surface area contributed by atoms with Crippen LogP contribution in [-0.4, -0.2) is 48.6 Å². The molecule has 0 bridgehead atoms. The first kappa shape index (κ1) is 21.6. The SMILES string of the molecule is Cc1ccc(C(CNC(=O)CCc2ncc(-c3ccccc3Cl)o2)N2CCOCC2)o1. The average molecular weight is 444 g/mol. The summed E-state index contributed by atoms with van der Waals surface area (Å²) in [5.41, 5.74) is 0.787. The lowest BCUT2D eigenvalue weighted by atomic mass is 10.1. The molecule has 8 heteroatoms. The fourth-order valence-electron chi connectivity index (χ4n) is 3.66. The molecule has 1 atom stereocenters. The minimum Gasteiger partial charge on any atom is -0.465 e. The summed E-state index contributed by atoms with van der Waals surface area (Å²) >= 11 is 6.21. The summed E-state index contributed by atoms with van der Waals surface area (Å²) in [7, 11) is 0. The molecule has 1 fully saturated rings. The lowest BCUT2D eigenvalue weighted by molar-refractivity contribution is -0.121. The maximum atomic E-state index is 12.5. The number of furan rings is 1. The lowest BCUT2D eigenvalue weighted by Gasteiger charge is -2.33. The van der Waals surface area contributed by atoms with Crippen LogP contribution in [0.25, 0.3) is 11.3 Å². The second kappa shape index (κ2) is 10.1. The number of rotatable bonds is 8. The van der Waals surface area contributed by atoms with Crippen LogP contribution in [-0.2, 0) is 16.0 Å². The fraction of sp³-hybridized carbons (Fsp3) is 0.391. The Balaban J connectivity index is 1.32. The highest BCUT2D eigenvalue weighted by molar-refractivity contribution is 6.33. The van der Waals surface area contributed by atoms with Gasteiger partial charge in [0, 0.05) is 38.0 Å². The number of hydrogen-bond donors (Lipinski definition) is 1. The fourth-order valence-corrected chi connectivity index (χ4v) is 3.89.